The molecule has 3 heterocycles. The summed E-state index contributed by atoms with van der Waals surface area (Å²) in [6.07, 6.45) is -2.44. The summed E-state index contributed by atoms with van der Waals surface area (Å²) >= 11 is 0. The van der Waals surface area contributed by atoms with Crippen molar-refractivity contribution in [2.75, 3.05) is 19.6 Å². The summed E-state index contributed by atoms with van der Waals surface area (Å²) in [7, 11) is 0. The Bertz CT molecular complexity index is 883. The van der Waals surface area contributed by atoms with Crippen molar-refractivity contribution in [1.29, 1.82) is 0 Å². The first-order chi connectivity index (χ1) is 14.7. The van der Waals surface area contributed by atoms with E-state index in [2.05, 4.69) is 10.6 Å². The van der Waals surface area contributed by atoms with E-state index in [1.165, 1.54) is 9.80 Å². The SMILES string of the molecule is O=C1CCC(N2Cc3c(CN(CC(F)(F)F)C4CCCNC4)cccc3C2=O)C(=O)N1. The molecule has 168 valence electrons. The van der Waals surface area contributed by atoms with Crippen LogP contribution < -0.4 is 10.6 Å². The van der Waals surface area contributed by atoms with Crippen LogP contribution in [0.2, 0.25) is 0 Å². The molecule has 0 saturated carbocycles. The van der Waals surface area contributed by atoms with E-state index in [-0.39, 0.29) is 43.8 Å². The second-order valence-corrected chi connectivity index (χ2v) is 8.36. The molecule has 3 amide bonds. The molecule has 2 saturated heterocycles. The van der Waals surface area contributed by atoms with Gasteiger partial charge < -0.3 is 10.2 Å². The van der Waals surface area contributed by atoms with Gasteiger partial charge >= 0.3 is 6.18 Å². The minimum Gasteiger partial charge on any atom is -0.322 e. The number of fused-ring (bicyclic) bond motifs is 1. The standard InChI is InChI=1S/C21H25F3N4O3/c22-21(23,24)12-27(14-4-2-8-25-9-14)10-13-3-1-5-15-16(13)11-28(20(15)31)17-6-7-18(29)26-19(17)30/h1,3,5,14,17,25H,2,4,6-12H2,(H,26,29,30). The Morgan fingerprint density at radius 3 is 2.65 bits per heavy atom. The molecule has 2 N–H and O–H groups in total. The van der Waals surface area contributed by atoms with Crippen molar-refractivity contribution in [3.05, 3.63) is 34.9 Å². The lowest BCUT2D eigenvalue weighted by Gasteiger charge is -2.35. The monoisotopic (exact) mass is 438 g/mol. The van der Waals surface area contributed by atoms with E-state index < -0.39 is 24.7 Å². The normalized spacial score (nSPS) is 24.5. The number of amides is 3. The number of carbonyl (C=O) groups excluding carboxylic acids is 3. The smallest absolute Gasteiger partial charge is 0.322 e. The molecule has 31 heavy (non-hydrogen) atoms. The Labute approximate surface area is 177 Å². The van der Waals surface area contributed by atoms with Gasteiger partial charge in [0.15, 0.2) is 0 Å². The Morgan fingerprint density at radius 1 is 1.16 bits per heavy atom. The van der Waals surface area contributed by atoms with Crippen molar-refractivity contribution in [3.63, 3.8) is 0 Å². The second kappa shape index (κ2) is 8.58. The average molecular weight is 438 g/mol. The number of piperidine rings is 2. The number of hydrogen-bond acceptors (Lipinski definition) is 5. The number of halogens is 3. The number of carbonyl (C=O) groups is 3. The lowest BCUT2D eigenvalue weighted by Crippen LogP contribution is -2.52. The largest absolute Gasteiger partial charge is 0.401 e. The maximum atomic E-state index is 13.3. The Morgan fingerprint density at radius 2 is 1.97 bits per heavy atom. The van der Waals surface area contributed by atoms with Crippen LogP contribution >= 0.6 is 0 Å². The van der Waals surface area contributed by atoms with Gasteiger partial charge in [-0.15, -0.1) is 0 Å². The summed E-state index contributed by atoms with van der Waals surface area (Å²) in [6, 6.07) is 4.07. The lowest BCUT2D eigenvalue weighted by molar-refractivity contribution is -0.153. The molecule has 1 aromatic carbocycles. The summed E-state index contributed by atoms with van der Waals surface area (Å²) in [5.41, 5.74) is 1.74. The first kappa shape index (κ1) is 21.8. The number of imide groups is 1. The fraction of sp³-hybridized carbons (Fsp3) is 0.571. The van der Waals surface area contributed by atoms with Crippen molar-refractivity contribution in [1.82, 2.24) is 20.4 Å². The third kappa shape index (κ3) is 4.74. The zero-order valence-corrected chi connectivity index (χ0v) is 17.0. The van der Waals surface area contributed by atoms with E-state index in [4.69, 9.17) is 0 Å². The van der Waals surface area contributed by atoms with Crippen LogP contribution in [0.4, 0.5) is 13.2 Å². The van der Waals surface area contributed by atoms with E-state index in [9.17, 15) is 27.6 Å². The minimum absolute atomic E-state index is 0.0749. The third-order valence-electron chi connectivity index (χ3n) is 6.22. The highest BCUT2D eigenvalue weighted by molar-refractivity contribution is 6.05. The topological polar surface area (TPSA) is 81.8 Å². The molecule has 0 aromatic heterocycles. The van der Waals surface area contributed by atoms with Crippen LogP contribution in [0.5, 0.6) is 0 Å². The number of nitrogens with zero attached hydrogens (tertiary/aromatic N) is 2. The van der Waals surface area contributed by atoms with Crippen molar-refractivity contribution >= 4 is 17.7 Å². The summed E-state index contributed by atoms with van der Waals surface area (Å²) in [5.74, 6) is -1.20. The van der Waals surface area contributed by atoms with Crippen LogP contribution in [-0.4, -0.2) is 65.4 Å². The van der Waals surface area contributed by atoms with Crippen LogP contribution in [0.25, 0.3) is 0 Å². The predicted octanol–water partition coefficient (Wildman–Crippen LogP) is 1.56. The maximum absolute atomic E-state index is 13.3. The van der Waals surface area contributed by atoms with Crippen LogP contribution in [-0.2, 0) is 22.7 Å². The van der Waals surface area contributed by atoms with Gasteiger partial charge in [0.1, 0.15) is 6.04 Å². The zero-order chi connectivity index (χ0) is 22.2. The Kier molecular flexibility index (Phi) is 6.02. The highest BCUT2D eigenvalue weighted by Crippen LogP contribution is 2.31. The molecule has 7 nitrogen and oxygen atoms in total. The molecule has 2 unspecified atom stereocenters. The van der Waals surface area contributed by atoms with Crippen molar-refractivity contribution in [2.45, 2.75) is 57.0 Å². The quantitative estimate of drug-likeness (QED) is 0.682. The lowest BCUT2D eigenvalue weighted by atomic mass is 10.0. The molecular formula is C21H25F3N4O3. The first-order valence-electron chi connectivity index (χ1n) is 10.5. The van der Waals surface area contributed by atoms with Crippen molar-refractivity contribution < 1.29 is 27.6 Å². The van der Waals surface area contributed by atoms with Gasteiger partial charge in [0.05, 0.1) is 6.54 Å². The summed E-state index contributed by atoms with van der Waals surface area (Å²) in [5, 5.41) is 5.42. The van der Waals surface area contributed by atoms with Crippen molar-refractivity contribution in [3.8, 4) is 0 Å². The van der Waals surface area contributed by atoms with Gasteiger partial charge in [-0.25, -0.2) is 0 Å². The highest BCUT2D eigenvalue weighted by Gasteiger charge is 2.40. The van der Waals surface area contributed by atoms with E-state index >= 15 is 0 Å². The molecule has 3 aliphatic rings. The zero-order valence-electron chi connectivity index (χ0n) is 17.0. The van der Waals surface area contributed by atoms with Crippen LogP contribution in [0, 0.1) is 0 Å². The fourth-order valence-corrected chi connectivity index (χ4v) is 4.71. The molecule has 0 aliphatic carbocycles. The first-order valence-corrected chi connectivity index (χ1v) is 10.5. The Balaban J connectivity index is 1.57. The van der Waals surface area contributed by atoms with Gasteiger partial charge in [-0.3, -0.25) is 24.6 Å². The van der Waals surface area contributed by atoms with Crippen LogP contribution in [0.15, 0.2) is 18.2 Å². The maximum Gasteiger partial charge on any atom is 0.401 e. The van der Waals surface area contributed by atoms with E-state index in [0.29, 0.717) is 29.7 Å². The van der Waals surface area contributed by atoms with Crippen LogP contribution in [0.3, 0.4) is 0 Å². The summed E-state index contributed by atoms with van der Waals surface area (Å²) < 4.78 is 39.8. The highest BCUT2D eigenvalue weighted by atomic mass is 19.4. The van der Waals surface area contributed by atoms with Gasteiger partial charge in [0.25, 0.3) is 5.91 Å². The predicted molar refractivity (Wildman–Crippen MR) is 105 cm³/mol. The third-order valence-corrected chi connectivity index (χ3v) is 6.22. The second-order valence-electron chi connectivity index (χ2n) is 8.36. The number of rotatable bonds is 5. The van der Waals surface area contributed by atoms with E-state index in [0.717, 1.165) is 13.0 Å². The van der Waals surface area contributed by atoms with Gasteiger partial charge in [0, 0.05) is 37.7 Å². The average Bonchev–Trinajstić information content (AvgIpc) is 3.05. The number of hydrogen-bond donors (Lipinski definition) is 2. The molecule has 1 aromatic rings. The number of nitrogens with one attached hydrogen (secondary N) is 2. The number of benzene rings is 1. The molecule has 2 fully saturated rings. The summed E-state index contributed by atoms with van der Waals surface area (Å²) in [6.45, 7) is 0.498. The summed E-state index contributed by atoms with van der Waals surface area (Å²) in [4.78, 5) is 39.5. The van der Waals surface area contributed by atoms with E-state index in [1.807, 2.05) is 0 Å². The van der Waals surface area contributed by atoms with Gasteiger partial charge in [-0.1, -0.05) is 12.1 Å². The molecule has 0 radical (unpaired) electrons. The molecule has 4 rings (SSSR count). The fourth-order valence-electron chi connectivity index (χ4n) is 4.71. The van der Waals surface area contributed by atoms with Gasteiger partial charge in [-0.05, 0) is 43.0 Å². The van der Waals surface area contributed by atoms with Gasteiger partial charge in [0.2, 0.25) is 11.8 Å². The molecule has 2 atom stereocenters. The van der Waals surface area contributed by atoms with Crippen LogP contribution in [0.1, 0.15) is 47.2 Å². The molecule has 10 heteroatoms. The molecule has 0 spiro atoms. The Hall–Kier alpha value is -2.46. The van der Waals surface area contributed by atoms with Gasteiger partial charge in [-0.2, -0.15) is 13.2 Å². The molecular weight excluding hydrogens is 413 g/mol. The molecule has 3 aliphatic heterocycles. The number of alkyl halides is 3. The minimum atomic E-state index is -4.33. The van der Waals surface area contributed by atoms with Crippen molar-refractivity contribution in [2.24, 2.45) is 0 Å². The molecule has 0 bridgehead atoms. The van der Waals surface area contributed by atoms with E-state index in [1.54, 1.807) is 18.2 Å².